The van der Waals surface area contributed by atoms with E-state index in [2.05, 4.69) is 10.4 Å². The molecular weight excluding hydrogens is 358 g/mol. The van der Waals surface area contributed by atoms with Gasteiger partial charge in [-0.15, -0.1) is 11.3 Å². The lowest BCUT2D eigenvalue weighted by Crippen LogP contribution is -2.28. The van der Waals surface area contributed by atoms with Crippen LogP contribution in [0.1, 0.15) is 17.4 Å². The largest absolute Gasteiger partial charge is 0.492 e. The molecule has 2 heterocycles. The number of hydrogen-bond donors (Lipinski definition) is 1. The molecule has 130 valence electrons. The molecule has 2 aromatic heterocycles. The number of carbonyl (C=O) groups is 1. The van der Waals surface area contributed by atoms with E-state index in [1.54, 1.807) is 10.7 Å². The van der Waals surface area contributed by atoms with Crippen molar-refractivity contribution in [2.45, 2.75) is 13.5 Å². The normalized spacial score (nSPS) is 10.6. The maximum Gasteiger partial charge on any atom is 0.271 e. The van der Waals surface area contributed by atoms with Crippen molar-refractivity contribution >= 4 is 28.8 Å². The number of carbonyl (C=O) groups excluding carboxylic acids is 1. The highest BCUT2D eigenvalue weighted by Gasteiger charge is 2.15. The van der Waals surface area contributed by atoms with Gasteiger partial charge in [-0.3, -0.25) is 9.48 Å². The summed E-state index contributed by atoms with van der Waals surface area (Å²) in [4.78, 5) is 13.3. The summed E-state index contributed by atoms with van der Waals surface area (Å²) >= 11 is 7.47. The summed E-state index contributed by atoms with van der Waals surface area (Å²) in [6.07, 6.45) is 0. The number of para-hydroxylation sites is 1. The van der Waals surface area contributed by atoms with Crippen molar-refractivity contribution in [1.29, 1.82) is 0 Å². The van der Waals surface area contributed by atoms with E-state index in [4.69, 9.17) is 16.3 Å². The SMILES string of the molecule is CCn1nc(C(=O)NCCOc2ccccc2)cc1-c1ccc(Cl)s1. The molecule has 1 amide bonds. The van der Waals surface area contributed by atoms with Crippen molar-refractivity contribution in [2.75, 3.05) is 13.2 Å². The zero-order valence-corrected chi connectivity index (χ0v) is 15.3. The Morgan fingerprint density at radius 1 is 1.28 bits per heavy atom. The molecule has 0 saturated heterocycles. The zero-order valence-electron chi connectivity index (χ0n) is 13.7. The van der Waals surface area contributed by atoms with Crippen LogP contribution >= 0.6 is 22.9 Å². The zero-order chi connectivity index (χ0) is 17.6. The lowest BCUT2D eigenvalue weighted by atomic mass is 10.3. The number of benzene rings is 1. The maximum atomic E-state index is 12.3. The third-order valence-electron chi connectivity index (χ3n) is 3.54. The first-order chi connectivity index (χ1) is 12.2. The van der Waals surface area contributed by atoms with Crippen molar-refractivity contribution in [3.8, 4) is 16.3 Å². The van der Waals surface area contributed by atoms with Crippen LogP contribution in [0.15, 0.2) is 48.5 Å². The highest BCUT2D eigenvalue weighted by molar-refractivity contribution is 7.19. The average molecular weight is 376 g/mol. The quantitative estimate of drug-likeness (QED) is 0.633. The third kappa shape index (κ3) is 4.41. The van der Waals surface area contributed by atoms with E-state index in [0.29, 0.717) is 29.7 Å². The number of thiophene rings is 1. The number of halogens is 1. The van der Waals surface area contributed by atoms with Crippen molar-refractivity contribution in [2.24, 2.45) is 0 Å². The van der Waals surface area contributed by atoms with E-state index in [0.717, 1.165) is 16.3 Å². The Morgan fingerprint density at radius 2 is 2.08 bits per heavy atom. The van der Waals surface area contributed by atoms with Crippen LogP contribution in [0, 0.1) is 0 Å². The summed E-state index contributed by atoms with van der Waals surface area (Å²) in [5.41, 5.74) is 1.28. The average Bonchev–Trinajstić information content (AvgIpc) is 3.25. The summed E-state index contributed by atoms with van der Waals surface area (Å²) in [5.74, 6) is 0.566. The van der Waals surface area contributed by atoms with E-state index in [-0.39, 0.29) is 5.91 Å². The van der Waals surface area contributed by atoms with Crippen LogP contribution in [-0.4, -0.2) is 28.8 Å². The van der Waals surface area contributed by atoms with Crippen molar-refractivity contribution in [3.63, 3.8) is 0 Å². The number of amides is 1. The van der Waals surface area contributed by atoms with Gasteiger partial charge in [0.15, 0.2) is 5.69 Å². The second-order valence-electron chi connectivity index (χ2n) is 5.25. The molecule has 0 saturated carbocycles. The molecule has 0 fully saturated rings. The Bertz CT molecular complexity index is 845. The molecule has 0 aliphatic carbocycles. The van der Waals surface area contributed by atoms with Gasteiger partial charge in [0.2, 0.25) is 0 Å². The van der Waals surface area contributed by atoms with Gasteiger partial charge in [0.05, 0.1) is 21.5 Å². The molecule has 3 rings (SSSR count). The third-order valence-corrected chi connectivity index (χ3v) is 4.79. The smallest absolute Gasteiger partial charge is 0.271 e. The summed E-state index contributed by atoms with van der Waals surface area (Å²) in [5, 5.41) is 7.21. The molecule has 0 unspecified atom stereocenters. The summed E-state index contributed by atoms with van der Waals surface area (Å²) < 4.78 is 8.08. The number of aromatic nitrogens is 2. The van der Waals surface area contributed by atoms with E-state index >= 15 is 0 Å². The van der Waals surface area contributed by atoms with E-state index in [1.807, 2.05) is 49.4 Å². The van der Waals surface area contributed by atoms with Gasteiger partial charge in [0.25, 0.3) is 5.91 Å². The highest BCUT2D eigenvalue weighted by Crippen LogP contribution is 2.31. The highest BCUT2D eigenvalue weighted by atomic mass is 35.5. The summed E-state index contributed by atoms with van der Waals surface area (Å²) in [6, 6.07) is 15.1. The van der Waals surface area contributed by atoms with Crippen LogP contribution < -0.4 is 10.1 Å². The number of rotatable bonds is 7. The fraction of sp³-hybridized carbons (Fsp3) is 0.222. The second-order valence-corrected chi connectivity index (χ2v) is 6.97. The lowest BCUT2D eigenvalue weighted by molar-refractivity contribution is 0.0941. The molecular formula is C18H18ClN3O2S. The number of aryl methyl sites for hydroxylation is 1. The Hall–Kier alpha value is -2.31. The molecule has 3 aromatic rings. The first-order valence-electron chi connectivity index (χ1n) is 7.97. The predicted molar refractivity (Wildman–Crippen MR) is 100 cm³/mol. The standard InChI is InChI=1S/C18H18ClN3O2S/c1-2-22-15(16-8-9-17(19)25-16)12-14(21-22)18(23)20-10-11-24-13-6-4-3-5-7-13/h3-9,12H,2,10-11H2,1H3,(H,20,23). The second kappa shape index (κ2) is 8.18. The van der Waals surface area contributed by atoms with Gasteiger partial charge in [0, 0.05) is 6.54 Å². The monoisotopic (exact) mass is 375 g/mol. The van der Waals surface area contributed by atoms with Crippen molar-refractivity contribution < 1.29 is 9.53 Å². The van der Waals surface area contributed by atoms with E-state index < -0.39 is 0 Å². The first kappa shape index (κ1) is 17.5. The molecule has 1 N–H and O–H groups in total. The predicted octanol–water partition coefficient (Wildman–Crippen LogP) is 4.09. The van der Waals surface area contributed by atoms with Gasteiger partial charge in [-0.05, 0) is 37.3 Å². The number of nitrogens with zero attached hydrogens (tertiary/aromatic N) is 2. The van der Waals surface area contributed by atoms with Gasteiger partial charge < -0.3 is 10.1 Å². The fourth-order valence-corrected chi connectivity index (χ4v) is 3.42. The van der Waals surface area contributed by atoms with Crippen molar-refractivity contribution in [3.05, 3.63) is 58.6 Å². The van der Waals surface area contributed by atoms with Crippen LogP contribution in [0.5, 0.6) is 5.75 Å². The molecule has 0 aliphatic heterocycles. The molecule has 0 atom stereocenters. The fourth-order valence-electron chi connectivity index (χ4n) is 2.36. The van der Waals surface area contributed by atoms with E-state index in [9.17, 15) is 4.79 Å². The number of hydrogen-bond acceptors (Lipinski definition) is 4. The van der Waals surface area contributed by atoms with Crippen LogP contribution in [-0.2, 0) is 6.54 Å². The minimum absolute atomic E-state index is 0.215. The molecule has 0 spiro atoms. The minimum atomic E-state index is -0.215. The Morgan fingerprint density at radius 3 is 2.76 bits per heavy atom. The first-order valence-corrected chi connectivity index (χ1v) is 9.16. The topological polar surface area (TPSA) is 56.2 Å². The number of ether oxygens (including phenoxy) is 1. The van der Waals surface area contributed by atoms with Crippen LogP contribution in [0.25, 0.3) is 10.6 Å². The van der Waals surface area contributed by atoms with Crippen molar-refractivity contribution in [1.82, 2.24) is 15.1 Å². The minimum Gasteiger partial charge on any atom is -0.492 e. The van der Waals surface area contributed by atoms with Crippen LogP contribution in [0.4, 0.5) is 0 Å². The van der Waals surface area contributed by atoms with E-state index in [1.165, 1.54) is 11.3 Å². The van der Waals surface area contributed by atoms with Gasteiger partial charge in [-0.1, -0.05) is 29.8 Å². The molecule has 5 nitrogen and oxygen atoms in total. The van der Waals surface area contributed by atoms with Crippen LogP contribution in [0.2, 0.25) is 4.34 Å². The Kier molecular flexibility index (Phi) is 5.73. The van der Waals surface area contributed by atoms with Crippen LogP contribution in [0.3, 0.4) is 0 Å². The Labute approximate surface area is 155 Å². The molecule has 0 aliphatic rings. The molecule has 7 heteroatoms. The molecule has 0 radical (unpaired) electrons. The van der Waals surface area contributed by atoms with Gasteiger partial charge in [-0.2, -0.15) is 5.10 Å². The Balaban J connectivity index is 1.59. The summed E-state index contributed by atoms with van der Waals surface area (Å²) in [6.45, 7) is 3.47. The van der Waals surface area contributed by atoms with Gasteiger partial charge >= 0.3 is 0 Å². The van der Waals surface area contributed by atoms with Gasteiger partial charge in [0.1, 0.15) is 12.4 Å². The molecule has 1 aromatic carbocycles. The lowest BCUT2D eigenvalue weighted by Gasteiger charge is -2.06. The summed E-state index contributed by atoms with van der Waals surface area (Å²) in [7, 11) is 0. The maximum absolute atomic E-state index is 12.3. The number of nitrogens with one attached hydrogen (secondary N) is 1. The molecule has 25 heavy (non-hydrogen) atoms. The van der Waals surface area contributed by atoms with Gasteiger partial charge in [-0.25, -0.2) is 0 Å². The molecule has 0 bridgehead atoms.